The van der Waals surface area contributed by atoms with E-state index in [1.54, 1.807) is 11.6 Å². The van der Waals surface area contributed by atoms with Crippen LogP contribution in [0.15, 0.2) is 16.5 Å². The zero-order valence-electron chi connectivity index (χ0n) is 10.6. The van der Waals surface area contributed by atoms with Crippen molar-refractivity contribution in [3.63, 3.8) is 0 Å². The molecule has 0 unspecified atom stereocenters. The van der Waals surface area contributed by atoms with Crippen molar-refractivity contribution in [3.8, 4) is 0 Å². The first-order chi connectivity index (χ1) is 8.88. The summed E-state index contributed by atoms with van der Waals surface area (Å²) in [6.45, 7) is 1.91. The van der Waals surface area contributed by atoms with Crippen LogP contribution in [0.1, 0.15) is 11.4 Å². The minimum Gasteiger partial charge on any atom is -0.375 e. The monoisotopic (exact) mass is 301 g/mol. The maximum atomic E-state index is 12.0. The second-order valence-corrected chi connectivity index (χ2v) is 7.05. The zero-order valence-corrected chi connectivity index (χ0v) is 12.3. The maximum Gasteiger partial charge on any atom is 0.252 e. The number of sulfonamides is 1. The van der Waals surface area contributed by atoms with Crippen LogP contribution in [0.4, 0.5) is 5.13 Å². The van der Waals surface area contributed by atoms with Gasteiger partial charge in [0.1, 0.15) is 0 Å². The van der Waals surface area contributed by atoms with Gasteiger partial charge in [-0.25, -0.2) is 18.1 Å². The number of hydrogen-bond acceptors (Lipinski definition) is 6. The molecule has 0 aliphatic rings. The van der Waals surface area contributed by atoms with Crippen molar-refractivity contribution in [1.82, 2.24) is 19.5 Å². The van der Waals surface area contributed by atoms with Crippen molar-refractivity contribution in [1.29, 1.82) is 0 Å². The van der Waals surface area contributed by atoms with Crippen LogP contribution in [0.2, 0.25) is 0 Å². The number of rotatable bonds is 5. The summed E-state index contributed by atoms with van der Waals surface area (Å²) in [6, 6.07) is 1.85. The molecule has 2 rings (SSSR count). The average Bonchev–Trinajstić information content (AvgIpc) is 2.85. The Hall–Kier alpha value is -1.45. The normalized spacial score (nSPS) is 11.9. The van der Waals surface area contributed by atoms with Gasteiger partial charge in [-0.3, -0.25) is 4.68 Å². The van der Waals surface area contributed by atoms with Crippen LogP contribution < -0.4 is 10.5 Å². The number of nitrogens with one attached hydrogen (secondary N) is 1. The third-order valence-electron chi connectivity index (χ3n) is 2.46. The molecule has 0 atom stereocenters. The number of nitrogens with zero attached hydrogens (tertiary/aromatic N) is 3. The molecule has 9 heteroatoms. The molecule has 0 fully saturated rings. The van der Waals surface area contributed by atoms with Gasteiger partial charge in [0.05, 0.1) is 11.4 Å². The molecule has 0 saturated carbocycles. The Bertz CT molecular complexity index is 674. The topological polar surface area (TPSA) is 103 Å². The third-order valence-corrected chi connectivity index (χ3v) is 5.51. The number of nitrogens with two attached hydrogens (primary N) is 1. The van der Waals surface area contributed by atoms with E-state index in [2.05, 4.69) is 14.8 Å². The van der Waals surface area contributed by atoms with E-state index < -0.39 is 10.0 Å². The molecule has 0 bridgehead atoms. The predicted molar refractivity (Wildman–Crippen MR) is 73.4 cm³/mol. The summed E-state index contributed by atoms with van der Waals surface area (Å²) in [5.74, 6) is 0. The summed E-state index contributed by atoms with van der Waals surface area (Å²) >= 11 is 0.968. The molecule has 19 heavy (non-hydrogen) atoms. The highest BCUT2D eigenvalue weighted by atomic mass is 32.2. The molecule has 0 radical (unpaired) electrons. The smallest absolute Gasteiger partial charge is 0.252 e. The fourth-order valence-corrected chi connectivity index (χ4v) is 4.00. The minimum absolute atomic E-state index is 0.172. The molecule has 7 nitrogen and oxygen atoms in total. The molecule has 2 heterocycles. The lowest BCUT2D eigenvalue weighted by atomic mass is 10.3. The molecule has 0 aliphatic heterocycles. The summed E-state index contributed by atoms with van der Waals surface area (Å²) in [4.78, 5) is 3.91. The number of anilines is 1. The Morgan fingerprint density at radius 3 is 2.79 bits per heavy atom. The van der Waals surface area contributed by atoms with Crippen LogP contribution in [0.25, 0.3) is 0 Å². The van der Waals surface area contributed by atoms with Crippen molar-refractivity contribution in [3.05, 3.63) is 23.7 Å². The minimum atomic E-state index is -3.54. The molecule has 2 aromatic heterocycles. The standard InChI is InChI=1S/C10H15N5O2S2/c1-7-9(18-10(11)13-7)19(16,17)12-5-3-8-4-6-15(2)14-8/h4,6,12H,3,5H2,1-2H3,(H2,11,13). The Kier molecular flexibility index (Phi) is 3.88. The van der Waals surface area contributed by atoms with Gasteiger partial charge in [0, 0.05) is 26.2 Å². The summed E-state index contributed by atoms with van der Waals surface area (Å²) in [6.07, 6.45) is 2.35. The van der Waals surface area contributed by atoms with E-state index in [-0.39, 0.29) is 15.9 Å². The quantitative estimate of drug-likeness (QED) is 0.826. The van der Waals surface area contributed by atoms with Gasteiger partial charge in [-0.2, -0.15) is 5.10 Å². The van der Waals surface area contributed by atoms with Gasteiger partial charge < -0.3 is 5.73 Å². The van der Waals surface area contributed by atoms with Crippen LogP contribution in [0.3, 0.4) is 0 Å². The maximum absolute atomic E-state index is 12.0. The summed E-state index contributed by atoms with van der Waals surface area (Å²) in [5, 5.41) is 4.43. The fraction of sp³-hybridized carbons (Fsp3) is 0.400. The largest absolute Gasteiger partial charge is 0.375 e. The Balaban J connectivity index is 2.00. The lowest BCUT2D eigenvalue weighted by molar-refractivity contribution is 0.582. The molecule has 0 amide bonds. The van der Waals surface area contributed by atoms with Gasteiger partial charge in [-0.1, -0.05) is 11.3 Å². The van der Waals surface area contributed by atoms with Crippen LogP contribution in [-0.2, 0) is 23.5 Å². The first kappa shape index (κ1) is 14.0. The number of hydrogen-bond donors (Lipinski definition) is 2. The van der Waals surface area contributed by atoms with E-state index in [9.17, 15) is 8.42 Å². The van der Waals surface area contributed by atoms with Crippen LogP contribution in [0, 0.1) is 6.92 Å². The summed E-state index contributed by atoms with van der Waals surface area (Å²) in [7, 11) is -1.73. The van der Waals surface area contributed by atoms with Gasteiger partial charge in [-0.05, 0) is 13.0 Å². The second-order valence-electron chi connectivity index (χ2n) is 4.05. The SMILES string of the molecule is Cc1nc(N)sc1S(=O)(=O)NCCc1ccn(C)n1. The molecule has 0 saturated heterocycles. The Morgan fingerprint density at radius 2 is 2.26 bits per heavy atom. The van der Waals surface area contributed by atoms with E-state index in [0.29, 0.717) is 12.1 Å². The van der Waals surface area contributed by atoms with Crippen LogP contribution >= 0.6 is 11.3 Å². The summed E-state index contributed by atoms with van der Waals surface area (Å²) < 4.78 is 28.5. The zero-order chi connectivity index (χ0) is 14.0. The molecule has 0 spiro atoms. The van der Waals surface area contributed by atoms with Crippen molar-refractivity contribution in [2.24, 2.45) is 7.05 Å². The van der Waals surface area contributed by atoms with Crippen LogP contribution in [0.5, 0.6) is 0 Å². The highest BCUT2D eigenvalue weighted by Crippen LogP contribution is 2.24. The van der Waals surface area contributed by atoms with Crippen molar-refractivity contribution < 1.29 is 8.42 Å². The van der Waals surface area contributed by atoms with Gasteiger partial charge >= 0.3 is 0 Å². The second kappa shape index (κ2) is 5.27. The molecule has 3 N–H and O–H groups in total. The number of aryl methyl sites for hydroxylation is 2. The third kappa shape index (κ3) is 3.31. The highest BCUT2D eigenvalue weighted by Gasteiger charge is 2.20. The lowest BCUT2D eigenvalue weighted by Crippen LogP contribution is -2.26. The fourth-order valence-electron chi connectivity index (χ4n) is 1.63. The summed E-state index contributed by atoms with van der Waals surface area (Å²) in [5.41, 5.74) is 6.76. The Labute approximate surface area is 115 Å². The van der Waals surface area contributed by atoms with Crippen molar-refractivity contribution in [2.75, 3.05) is 12.3 Å². The van der Waals surface area contributed by atoms with Gasteiger partial charge in [-0.15, -0.1) is 0 Å². The van der Waals surface area contributed by atoms with E-state index in [4.69, 9.17) is 5.73 Å². The molecule has 0 aliphatic carbocycles. The van der Waals surface area contributed by atoms with E-state index >= 15 is 0 Å². The number of nitrogen functional groups attached to an aromatic ring is 1. The van der Waals surface area contributed by atoms with E-state index in [1.165, 1.54) is 0 Å². The van der Waals surface area contributed by atoms with Crippen molar-refractivity contribution in [2.45, 2.75) is 17.6 Å². The molecular formula is C10H15N5O2S2. The highest BCUT2D eigenvalue weighted by molar-refractivity contribution is 7.91. The van der Waals surface area contributed by atoms with E-state index in [1.807, 2.05) is 19.3 Å². The average molecular weight is 301 g/mol. The Morgan fingerprint density at radius 1 is 1.53 bits per heavy atom. The molecular weight excluding hydrogens is 286 g/mol. The van der Waals surface area contributed by atoms with Crippen molar-refractivity contribution >= 4 is 26.5 Å². The lowest BCUT2D eigenvalue weighted by Gasteiger charge is -2.03. The predicted octanol–water partition coefficient (Wildman–Crippen LogP) is 0.288. The number of thiazole rings is 1. The van der Waals surface area contributed by atoms with Gasteiger partial charge in [0.2, 0.25) is 0 Å². The first-order valence-corrected chi connectivity index (χ1v) is 7.89. The van der Waals surface area contributed by atoms with Crippen LogP contribution in [-0.4, -0.2) is 29.7 Å². The van der Waals surface area contributed by atoms with Gasteiger partial charge in [0.15, 0.2) is 9.34 Å². The van der Waals surface area contributed by atoms with E-state index in [0.717, 1.165) is 17.0 Å². The van der Waals surface area contributed by atoms with Gasteiger partial charge in [0.25, 0.3) is 10.0 Å². The first-order valence-electron chi connectivity index (χ1n) is 5.59. The molecule has 0 aromatic carbocycles. The number of aromatic nitrogens is 3. The molecule has 2 aromatic rings. The molecule has 104 valence electrons.